The lowest BCUT2D eigenvalue weighted by atomic mass is 9.78. The Morgan fingerprint density at radius 3 is 2.18 bits per heavy atom. The van der Waals surface area contributed by atoms with Crippen molar-refractivity contribution >= 4 is 27.5 Å². The second-order valence-corrected chi connectivity index (χ2v) is 17.2. The lowest BCUT2D eigenvalue weighted by Gasteiger charge is -2.48. The fourth-order valence-corrected chi connectivity index (χ4v) is 7.93. The summed E-state index contributed by atoms with van der Waals surface area (Å²) in [4.78, 5) is 28.3. The molecule has 2 aliphatic rings. The second-order valence-electron chi connectivity index (χ2n) is 15.1. The number of anilines is 1. The van der Waals surface area contributed by atoms with E-state index in [4.69, 9.17) is 4.74 Å². The molecule has 12 nitrogen and oxygen atoms in total. The molecule has 3 aromatic carbocycles. The average molecular weight is 798 g/mol. The fraction of sp³-hybridized carbons (Fsp3) is 0.524. The van der Waals surface area contributed by atoms with Gasteiger partial charge in [-0.25, -0.2) is 17.1 Å². The molecule has 5 N–H and O–H groups in total. The van der Waals surface area contributed by atoms with Gasteiger partial charge in [-0.3, -0.25) is 9.59 Å². The maximum Gasteiger partial charge on any atom is 0.251 e. The van der Waals surface area contributed by atoms with Crippen LogP contribution in [0.15, 0.2) is 72.8 Å². The van der Waals surface area contributed by atoms with Crippen molar-refractivity contribution in [1.29, 1.82) is 0 Å². The number of nitrogens with one attached hydrogen (secondary N) is 1. The van der Waals surface area contributed by atoms with E-state index in [1.807, 2.05) is 55.5 Å². The number of hydrogen-bond donors (Lipinski definition) is 5. The van der Waals surface area contributed by atoms with Gasteiger partial charge in [0.25, 0.3) is 5.91 Å². The summed E-state index contributed by atoms with van der Waals surface area (Å²) in [5.41, 5.74) is 4.08. The summed E-state index contributed by atoms with van der Waals surface area (Å²) in [5, 5.41) is 45.4. The van der Waals surface area contributed by atoms with Gasteiger partial charge in [-0.1, -0.05) is 68.3 Å². The van der Waals surface area contributed by atoms with Gasteiger partial charge in [-0.2, -0.15) is 0 Å². The van der Waals surface area contributed by atoms with Gasteiger partial charge in [0.1, 0.15) is 24.1 Å². The van der Waals surface area contributed by atoms with Crippen molar-refractivity contribution in [2.45, 2.75) is 107 Å². The van der Waals surface area contributed by atoms with Crippen molar-refractivity contribution < 1.29 is 47.6 Å². The standard InChI is InChI=1S/C42H56FN3O9S/c1-4-5-6-25-44-41(51)40-39(50)38(49)37(48)35(55-40)24-13-28-9-14-30(15-10-28)36-33(22-23-34(47)29-16-18-31(43)19-17-29)42(52)46(36)32-20-11-27(12-21-32)8-7-26-45(2)56(3,53)54/h9-12,14-21,33-40,47-50H,4-8,13,22-26H2,1-3H3,(H,44,51)/t33?,34-,35?,36+,37-,38+,39-,40-/m0/s1. The lowest BCUT2D eigenvalue weighted by molar-refractivity contribution is -0.221. The third kappa shape index (κ3) is 10.8. The Kier molecular flexibility index (Phi) is 15.2. The Balaban J connectivity index is 1.27. The highest BCUT2D eigenvalue weighted by atomic mass is 32.2. The zero-order chi connectivity index (χ0) is 40.6. The van der Waals surface area contributed by atoms with E-state index in [2.05, 4.69) is 5.32 Å². The zero-order valence-electron chi connectivity index (χ0n) is 32.3. The van der Waals surface area contributed by atoms with Gasteiger partial charge in [0.05, 0.1) is 30.4 Å². The maximum absolute atomic E-state index is 13.8. The summed E-state index contributed by atoms with van der Waals surface area (Å²) >= 11 is 0. The van der Waals surface area contributed by atoms with Gasteiger partial charge in [0.2, 0.25) is 15.9 Å². The second kappa shape index (κ2) is 19.6. The molecule has 0 radical (unpaired) electrons. The van der Waals surface area contributed by atoms with E-state index in [1.165, 1.54) is 34.8 Å². The molecule has 0 aliphatic carbocycles. The smallest absolute Gasteiger partial charge is 0.251 e. The van der Waals surface area contributed by atoms with Crippen LogP contribution in [0.5, 0.6) is 0 Å². The molecule has 0 aromatic heterocycles. The van der Waals surface area contributed by atoms with E-state index >= 15 is 0 Å². The average Bonchev–Trinajstić information content (AvgIpc) is 3.18. The van der Waals surface area contributed by atoms with Gasteiger partial charge in [-0.05, 0) is 91.5 Å². The van der Waals surface area contributed by atoms with Gasteiger partial charge < -0.3 is 35.4 Å². The van der Waals surface area contributed by atoms with E-state index in [-0.39, 0.29) is 18.4 Å². The normalized spacial score (nSPS) is 24.6. The van der Waals surface area contributed by atoms with Crippen LogP contribution in [0.3, 0.4) is 0 Å². The van der Waals surface area contributed by atoms with E-state index in [0.717, 1.165) is 36.0 Å². The third-order valence-electron chi connectivity index (χ3n) is 11.0. The monoisotopic (exact) mass is 797 g/mol. The summed E-state index contributed by atoms with van der Waals surface area (Å²) in [7, 11) is -1.71. The molecule has 8 atom stereocenters. The largest absolute Gasteiger partial charge is 0.388 e. The number of aliphatic hydroxyl groups excluding tert-OH is 4. The predicted molar refractivity (Wildman–Crippen MR) is 211 cm³/mol. The fourth-order valence-electron chi connectivity index (χ4n) is 7.47. The Hall–Kier alpha value is -3.76. The van der Waals surface area contributed by atoms with Crippen molar-refractivity contribution in [2.24, 2.45) is 5.92 Å². The predicted octanol–water partition coefficient (Wildman–Crippen LogP) is 3.96. The van der Waals surface area contributed by atoms with Crippen molar-refractivity contribution in [3.05, 3.63) is 101 Å². The SMILES string of the molecule is CCCCCNC(=O)[C@H]1OC(CCc2ccc([C@@H]3C(CC[C@H](O)c4ccc(F)cc4)C(=O)N3c3ccc(CCCN(C)S(C)(=O)=O)cc3)cc2)[C@H](O)[C@@H](O)[C@@H]1O. The number of benzene rings is 3. The number of aliphatic hydroxyl groups is 4. The molecule has 2 fully saturated rings. The molecule has 2 unspecified atom stereocenters. The van der Waals surface area contributed by atoms with E-state index in [0.29, 0.717) is 56.4 Å². The summed E-state index contributed by atoms with van der Waals surface area (Å²) in [6.45, 7) is 2.87. The molecule has 56 heavy (non-hydrogen) atoms. The first kappa shape index (κ1) is 43.4. The number of carbonyl (C=O) groups is 2. The molecule has 3 aromatic rings. The van der Waals surface area contributed by atoms with E-state index in [1.54, 1.807) is 11.9 Å². The highest BCUT2D eigenvalue weighted by Crippen LogP contribution is 2.46. The number of hydrogen-bond acceptors (Lipinski definition) is 9. The molecule has 0 bridgehead atoms. The molecule has 2 amide bonds. The zero-order valence-corrected chi connectivity index (χ0v) is 33.2. The van der Waals surface area contributed by atoms with Crippen molar-refractivity contribution in [2.75, 3.05) is 31.3 Å². The Labute approximate surface area is 329 Å². The van der Waals surface area contributed by atoms with E-state index in [9.17, 15) is 42.8 Å². The van der Waals surface area contributed by atoms with Crippen LogP contribution in [0, 0.1) is 11.7 Å². The van der Waals surface area contributed by atoms with Crippen LogP contribution >= 0.6 is 0 Å². The number of sulfonamides is 1. The van der Waals surface area contributed by atoms with Crippen molar-refractivity contribution in [1.82, 2.24) is 9.62 Å². The Bertz CT molecular complexity index is 1850. The minimum Gasteiger partial charge on any atom is -0.388 e. The molecule has 2 heterocycles. The van der Waals surface area contributed by atoms with Gasteiger partial charge in [0, 0.05) is 25.8 Å². The Morgan fingerprint density at radius 1 is 0.893 bits per heavy atom. The third-order valence-corrected chi connectivity index (χ3v) is 12.3. The number of ether oxygens (including phenoxy) is 1. The molecule has 2 aliphatic heterocycles. The first-order chi connectivity index (χ1) is 26.7. The number of rotatable bonds is 19. The minimum atomic E-state index is -3.26. The number of nitrogens with zero attached hydrogens (tertiary/aromatic N) is 2. The molecule has 5 rings (SSSR count). The van der Waals surface area contributed by atoms with Crippen LogP contribution in [0.4, 0.5) is 10.1 Å². The number of unbranched alkanes of at least 4 members (excludes halogenated alkanes) is 2. The summed E-state index contributed by atoms with van der Waals surface area (Å²) in [6.07, 6.45) is -0.950. The van der Waals surface area contributed by atoms with Crippen LogP contribution in [0.1, 0.15) is 86.3 Å². The molecule has 0 saturated carbocycles. The number of carbonyl (C=O) groups excluding carboxylic acids is 2. The number of halogens is 1. The molecular weight excluding hydrogens is 742 g/mol. The van der Waals surface area contributed by atoms with Crippen molar-refractivity contribution in [3.63, 3.8) is 0 Å². The van der Waals surface area contributed by atoms with Crippen LogP contribution in [0.2, 0.25) is 0 Å². The van der Waals surface area contributed by atoms with Crippen LogP contribution in [-0.4, -0.2) is 102 Å². The summed E-state index contributed by atoms with van der Waals surface area (Å²) in [5.74, 6) is -1.43. The maximum atomic E-state index is 13.8. The summed E-state index contributed by atoms with van der Waals surface area (Å²) < 4.78 is 44.2. The molecule has 2 saturated heterocycles. The van der Waals surface area contributed by atoms with Crippen molar-refractivity contribution in [3.8, 4) is 0 Å². The van der Waals surface area contributed by atoms with Gasteiger partial charge >= 0.3 is 0 Å². The number of aryl methyl sites for hydroxylation is 2. The highest BCUT2D eigenvalue weighted by molar-refractivity contribution is 7.88. The minimum absolute atomic E-state index is 0.0824. The molecular formula is C42H56FN3O9S. The van der Waals surface area contributed by atoms with Crippen LogP contribution in [-0.2, 0) is 37.2 Å². The topological polar surface area (TPSA) is 177 Å². The van der Waals surface area contributed by atoms with E-state index < -0.39 is 64.3 Å². The quantitative estimate of drug-likeness (QED) is 0.0888. The Morgan fingerprint density at radius 2 is 1.54 bits per heavy atom. The molecule has 14 heteroatoms. The lowest BCUT2D eigenvalue weighted by Crippen LogP contribution is -2.61. The molecule has 306 valence electrons. The highest BCUT2D eigenvalue weighted by Gasteiger charge is 2.49. The first-order valence-corrected chi connectivity index (χ1v) is 21.4. The summed E-state index contributed by atoms with van der Waals surface area (Å²) in [6, 6.07) is 20.7. The van der Waals surface area contributed by atoms with Gasteiger partial charge in [-0.15, -0.1) is 0 Å². The van der Waals surface area contributed by atoms with Gasteiger partial charge in [0.15, 0.2) is 6.10 Å². The number of β-lactam (4-membered cyclic amide) rings is 1. The first-order valence-electron chi connectivity index (χ1n) is 19.5. The van der Waals surface area contributed by atoms with Crippen LogP contribution in [0.25, 0.3) is 0 Å². The molecule has 0 spiro atoms. The van der Waals surface area contributed by atoms with Crippen LogP contribution < -0.4 is 10.2 Å². The number of amides is 2.